The van der Waals surface area contributed by atoms with Crippen molar-refractivity contribution >= 4 is 39.3 Å². The molecule has 0 bridgehead atoms. The highest BCUT2D eigenvalue weighted by Crippen LogP contribution is 2.29. The van der Waals surface area contributed by atoms with Crippen LogP contribution in [0.25, 0.3) is 0 Å². The number of halogens is 1. The first kappa shape index (κ1) is 22.7. The first-order chi connectivity index (χ1) is 15.9. The van der Waals surface area contributed by atoms with Gasteiger partial charge in [-0.3, -0.25) is 14.4 Å². The zero-order chi connectivity index (χ0) is 23.5. The van der Waals surface area contributed by atoms with Gasteiger partial charge in [0.2, 0.25) is 5.91 Å². The van der Waals surface area contributed by atoms with Gasteiger partial charge < -0.3 is 9.64 Å². The van der Waals surface area contributed by atoms with Gasteiger partial charge >= 0.3 is 0 Å². The van der Waals surface area contributed by atoms with E-state index in [1.807, 2.05) is 31.2 Å². The van der Waals surface area contributed by atoms with Crippen LogP contribution in [0.1, 0.15) is 27.9 Å². The molecule has 3 amide bonds. The lowest BCUT2D eigenvalue weighted by Crippen LogP contribution is -2.45. The summed E-state index contributed by atoms with van der Waals surface area (Å²) >= 11 is 3.37. The number of amides is 3. The third-order valence-corrected chi connectivity index (χ3v) is 6.18. The summed E-state index contributed by atoms with van der Waals surface area (Å²) in [6.45, 7) is 2.20. The minimum absolute atomic E-state index is 0.0668. The Morgan fingerprint density at radius 3 is 2.24 bits per heavy atom. The van der Waals surface area contributed by atoms with E-state index in [0.717, 1.165) is 15.6 Å². The molecule has 0 aromatic heterocycles. The molecule has 0 saturated carbocycles. The number of methoxy groups -OCH3 is 1. The van der Waals surface area contributed by atoms with Crippen molar-refractivity contribution in [3.8, 4) is 5.75 Å². The minimum atomic E-state index is -0.892. The van der Waals surface area contributed by atoms with Crippen LogP contribution in [0.2, 0.25) is 0 Å². The van der Waals surface area contributed by atoms with E-state index in [0.29, 0.717) is 17.0 Å². The van der Waals surface area contributed by atoms with Crippen LogP contribution in [0.5, 0.6) is 5.75 Å². The van der Waals surface area contributed by atoms with Gasteiger partial charge in [-0.25, -0.2) is 4.90 Å². The molecule has 4 rings (SSSR count). The van der Waals surface area contributed by atoms with Crippen LogP contribution in [0, 0.1) is 6.92 Å². The number of hydrogen-bond donors (Lipinski definition) is 0. The lowest BCUT2D eigenvalue weighted by molar-refractivity contribution is -0.122. The predicted molar refractivity (Wildman–Crippen MR) is 129 cm³/mol. The van der Waals surface area contributed by atoms with E-state index in [2.05, 4.69) is 15.9 Å². The number of carbonyl (C=O) groups excluding carboxylic acids is 3. The molecule has 0 aliphatic carbocycles. The third kappa shape index (κ3) is 4.83. The standard InChI is InChI=1S/C26H23BrN2O4/c1-17-3-5-18(6-4-17)16-28(25(31)19-7-13-22(33-2)14-8-19)23-15-24(30)29(26(23)32)21-11-9-20(27)10-12-21/h3-14,23H,15-16H2,1-2H3. The lowest BCUT2D eigenvalue weighted by Gasteiger charge is -2.28. The van der Waals surface area contributed by atoms with E-state index >= 15 is 0 Å². The van der Waals surface area contributed by atoms with Gasteiger partial charge in [-0.1, -0.05) is 45.8 Å². The topological polar surface area (TPSA) is 66.9 Å². The molecule has 33 heavy (non-hydrogen) atoms. The molecule has 0 radical (unpaired) electrons. The molecule has 1 aliphatic heterocycles. The molecule has 3 aromatic carbocycles. The second-order valence-corrected chi connectivity index (χ2v) is 8.83. The Kier molecular flexibility index (Phi) is 6.60. The zero-order valence-corrected chi connectivity index (χ0v) is 19.9. The van der Waals surface area contributed by atoms with Crippen LogP contribution < -0.4 is 9.64 Å². The van der Waals surface area contributed by atoms with Crippen molar-refractivity contribution in [3.63, 3.8) is 0 Å². The summed E-state index contributed by atoms with van der Waals surface area (Å²) in [5, 5.41) is 0. The number of anilines is 1. The van der Waals surface area contributed by atoms with E-state index in [-0.39, 0.29) is 24.8 Å². The van der Waals surface area contributed by atoms with Crippen molar-refractivity contribution in [1.82, 2.24) is 4.90 Å². The highest BCUT2D eigenvalue weighted by atomic mass is 79.9. The molecule has 1 unspecified atom stereocenters. The summed E-state index contributed by atoms with van der Waals surface area (Å²) in [4.78, 5) is 42.5. The van der Waals surface area contributed by atoms with E-state index in [1.165, 1.54) is 9.80 Å². The number of benzene rings is 3. The molecular formula is C26H23BrN2O4. The van der Waals surface area contributed by atoms with Crippen molar-refractivity contribution in [2.75, 3.05) is 12.0 Å². The number of aryl methyl sites for hydroxylation is 1. The Morgan fingerprint density at radius 2 is 1.64 bits per heavy atom. The fourth-order valence-corrected chi connectivity index (χ4v) is 4.10. The van der Waals surface area contributed by atoms with Gasteiger partial charge in [0, 0.05) is 16.6 Å². The van der Waals surface area contributed by atoms with Gasteiger partial charge in [-0.2, -0.15) is 0 Å². The average Bonchev–Trinajstić information content (AvgIpc) is 3.12. The van der Waals surface area contributed by atoms with Crippen molar-refractivity contribution in [1.29, 1.82) is 0 Å². The smallest absolute Gasteiger partial charge is 0.257 e. The van der Waals surface area contributed by atoms with Crippen molar-refractivity contribution in [2.45, 2.75) is 25.9 Å². The zero-order valence-electron chi connectivity index (χ0n) is 18.3. The molecule has 1 aliphatic rings. The van der Waals surface area contributed by atoms with E-state index < -0.39 is 11.9 Å². The van der Waals surface area contributed by atoms with E-state index in [4.69, 9.17) is 4.74 Å². The number of ether oxygens (including phenoxy) is 1. The van der Waals surface area contributed by atoms with Crippen molar-refractivity contribution < 1.29 is 19.1 Å². The van der Waals surface area contributed by atoms with Crippen molar-refractivity contribution in [3.05, 3.63) is 94.0 Å². The summed E-state index contributed by atoms with van der Waals surface area (Å²) in [5.41, 5.74) is 2.89. The van der Waals surface area contributed by atoms with E-state index in [1.54, 1.807) is 55.6 Å². The minimum Gasteiger partial charge on any atom is -0.497 e. The maximum atomic E-state index is 13.5. The fourth-order valence-electron chi connectivity index (χ4n) is 3.83. The maximum Gasteiger partial charge on any atom is 0.257 e. The summed E-state index contributed by atoms with van der Waals surface area (Å²) in [6, 6.07) is 20.6. The molecule has 1 heterocycles. The number of imide groups is 1. The van der Waals surface area contributed by atoms with Crippen LogP contribution in [0.3, 0.4) is 0 Å². The molecule has 1 atom stereocenters. The Labute approximate surface area is 200 Å². The monoisotopic (exact) mass is 506 g/mol. The molecule has 1 fully saturated rings. The highest BCUT2D eigenvalue weighted by molar-refractivity contribution is 9.10. The quantitative estimate of drug-likeness (QED) is 0.452. The van der Waals surface area contributed by atoms with E-state index in [9.17, 15) is 14.4 Å². The largest absolute Gasteiger partial charge is 0.497 e. The van der Waals surface area contributed by atoms with Gasteiger partial charge in [0.15, 0.2) is 0 Å². The van der Waals surface area contributed by atoms with Gasteiger partial charge in [-0.05, 0) is 61.0 Å². The molecule has 7 heteroatoms. The van der Waals surface area contributed by atoms with Crippen LogP contribution in [-0.2, 0) is 16.1 Å². The third-order valence-electron chi connectivity index (χ3n) is 5.66. The Morgan fingerprint density at radius 1 is 1.00 bits per heavy atom. The Balaban J connectivity index is 1.67. The Bertz CT molecular complexity index is 1170. The fraction of sp³-hybridized carbons (Fsp3) is 0.192. The molecule has 6 nitrogen and oxygen atoms in total. The Hall–Kier alpha value is -3.45. The molecule has 0 spiro atoms. The summed E-state index contributed by atoms with van der Waals surface area (Å²) in [7, 11) is 1.56. The SMILES string of the molecule is COc1ccc(C(=O)N(Cc2ccc(C)cc2)C2CC(=O)N(c3ccc(Br)cc3)C2=O)cc1. The predicted octanol–water partition coefficient (Wildman–Crippen LogP) is 4.74. The average molecular weight is 507 g/mol. The van der Waals surface area contributed by atoms with Crippen LogP contribution in [0.15, 0.2) is 77.3 Å². The van der Waals surface area contributed by atoms with Crippen LogP contribution in [0.4, 0.5) is 5.69 Å². The molecule has 168 valence electrons. The summed E-state index contributed by atoms with van der Waals surface area (Å²) in [6.07, 6.45) is -0.0668. The first-order valence-corrected chi connectivity index (χ1v) is 11.3. The van der Waals surface area contributed by atoms with Gasteiger partial charge in [-0.15, -0.1) is 0 Å². The molecule has 1 saturated heterocycles. The second-order valence-electron chi connectivity index (χ2n) is 7.91. The lowest BCUT2D eigenvalue weighted by atomic mass is 10.1. The van der Waals surface area contributed by atoms with Gasteiger partial charge in [0.05, 0.1) is 19.2 Å². The second kappa shape index (κ2) is 9.58. The number of nitrogens with zero attached hydrogens (tertiary/aromatic N) is 2. The number of hydrogen-bond acceptors (Lipinski definition) is 4. The number of carbonyl (C=O) groups is 3. The van der Waals surface area contributed by atoms with Crippen molar-refractivity contribution in [2.24, 2.45) is 0 Å². The molecular weight excluding hydrogens is 484 g/mol. The summed E-state index contributed by atoms with van der Waals surface area (Å²) in [5.74, 6) is -0.424. The van der Waals surface area contributed by atoms with Gasteiger partial charge in [0.25, 0.3) is 11.8 Å². The van der Waals surface area contributed by atoms with Crippen LogP contribution >= 0.6 is 15.9 Å². The molecule has 3 aromatic rings. The van der Waals surface area contributed by atoms with Gasteiger partial charge in [0.1, 0.15) is 11.8 Å². The highest BCUT2D eigenvalue weighted by Gasteiger charge is 2.44. The maximum absolute atomic E-state index is 13.5. The normalized spacial score (nSPS) is 15.6. The number of rotatable bonds is 6. The summed E-state index contributed by atoms with van der Waals surface area (Å²) < 4.78 is 6.03. The molecule has 0 N–H and O–H groups in total. The van der Waals surface area contributed by atoms with Crippen LogP contribution in [-0.4, -0.2) is 35.8 Å². The first-order valence-electron chi connectivity index (χ1n) is 10.5.